The Morgan fingerprint density at radius 3 is 2.65 bits per heavy atom. The van der Waals surface area contributed by atoms with Gasteiger partial charge in [0.25, 0.3) is 0 Å². The number of amides is 1. The molecule has 2 heteroatoms. The fraction of sp³-hybridized carbons (Fsp3) is 0.611. The van der Waals surface area contributed by atoms with Crippen LogP contribution in [0.5, 0.6) is 0 Å². The molecule has 3 rings (SSSR count). The summed E-state index contributed by atoms with van der Waals surface area (Å²) in [6.45, 7) is 4.14. The van der Waals surface area contributed by atoms with Gasteiger partial charge in [-0.3, -0.25) is 4.79 Å². The molecule has 1 unspecified atom stereocenters. The lowest BCUT2D eigenvalue weighted by Gasteiger charge is -2.22. The standard InChI is InChI=1S/C18H25NO/c1-2-3-11-19(18(20)15-9-10-15)13-16-12-17(16)14-7-5-4-6-8-14/h4-8,15-17H,2-3,9-13H2,1H3/t16-,17?/m1/s1. The van der Waals surface area contributed by atoms with Crippen LogP contribution >= 0.6 is 0 Å². The minimum absolute atomic E-state index is 0.362. The van der Waals surface area contributed by atoms with E-state index in [1.54, 1.807) is 0 Å². The molecule has 0 aromatic heterocycles. The molecule has 0 saturated heterocycles. The summed E-state index contributed by atoms with van der Waals surface area (Å²) in [4.78, 5) is 14.5. The fourth-order valence-electron chi connectivity index (χ4n) is 3.07. The summed E-state index contributed by atoms with van der Waals surface area (Å²) < 4.78 is 0. The van der Waals surface area contributed by atoms with Gasteiger partial charge < -0.3 is 4.90 Å². The molecule has 0 N–H and O–H groups in total. The summed E-state index contributed by atoms with van der Waals surface area (Å²) in [5, 5.41) is 0. The number of nitrogens with zero attached hydrogens (tertiary/aromatic N) is 1. The Hall–Kier alpha value is -1.31. The van der Waals surface area contributed by atoms with Crippen molar-refractivity contribution in [1.29, 1.82) is 0 Å². The zero-order valence-corrected chi connectivity index (χ0v) is 12.4. The van der Waals surface area contributed by atoms with E-state index in [0.717, 1.165) is 32.4 Å². The molecule has 0 radical (unpaired) electrons. The highest BCUT2D eigenvalue weighted by Crippen LogP contribution is 2.48. The summed E-state index contributed by atoms with van der Waals surface area (Å²) in [6, 6.07) is 10.8. The van der Waals surface area contributed by atoms with Gasteiger partial charge in [-0.15, -0.1) is 0 Å². The second-order valence-electron chi connectivity index (χ2n) is 6.43. The fourth-order valence-corrected chi connectivity index (χ4v) is 3.07. The lowest BCUT2D eigenvalue weighted by molar-refractivity contribution is -0.132. The van der Waals surface area contributed by atoms with Gasteiger partial charge in [-0.05, 0) is 43.1 Å². The molecule has 1 amide bonds. The first kappa shape index (κ1) is 13.7. The number of hydrogen-bond acceptors (Lipinski definition) is 1. The van der Waals surface area contributed by atoms with Gasteiger partial charge in [-0.2, -0.15) is 0 Å². The molecule has 2 nitrogen and oxygen atoms in total. The first-order valence-electron chi connectivity index (χ1n) is 8.13. The van der Waals surface area contributed by atoms with Crippen LogP contribution in [0.2, 0.25) is 0 Å². The van der Waals surface area contributed by atoms with Crippen LogP contribution in [-0.4, -0.2) is 23.9 Å². The maximum absolute atomic E-state index is 12.3. The molecule has 1 aromatic rings. The van der Waals surface area contributed by atoms with Crippen LogP contribution in [-0.2, 0) is 4.79 Å². The Labute approximate surface area is 122 Å². The first-order chi connectivity index (χ1) is 9.79. The molecule has 0 aliphatic heterocycles. The van der Waals surface area contributed by atoms with E-state index in [4.69, 9.17) is 0 Å². The highest BCUT2D eigenvalue weighted by Gasteiger charge is 2.41. The van der Waals surface area contributed by atoms with Gasteiger partial charge in [-0.25, -0.2) is 0 Å². The molecular weight excluding hydrogens is 246 g/mol. The van der Waals surface area contributed by atoms with Crippen molar-refractivity contribution < 1.29 is 4.79 Å². The Morgan fingerprint density at radius 2 is 2.00 bits per heavy atom. The zero-order chi connectivity index (χ0) is 13.9. The van der Waals surface area contributed by atoms with Crippen molar-refractivity contribution in [2.75, 3.05) is 13.1 Å². The number of hydrogen-bond donors (Lipinski definition) is 0. The van der Waals surface area contributed by atoms with Gasteiger partial charge >= 0.3 is 0 Å². The smallest absolute Gasteiger partial charge is 0.225 e. The summed E-state index contributed by atoms with van der Waals surface area (Å²) in [7, 11) is 0. The van der Waals surface area contributed by atoms with Crippen molar-refractivity contribution in [2.45, 2.75) is 44.9 Å². The summed E-state index contributed by atoms with van der Waals surface area (Å²) in [5.41, 5.74) is 1.45. The molecule has 0 spiro atoms. The van der Waals surface area contributed by atoms with Gasteiger partial charge in [0.2, 0.25) is 5.91 Å². The SMILES string of the molecule is CCCCN(C[C@H]1CC1c1ccccc1)C(=O)C1CC1. The topological polar surface area (TPSA) is 20.3 Å². The Balaban J connectivity index is 1.56. The average molecular weight is 271 g/mol. The molecule has 2 fully saturated rings. The minimum Gasteiger partial charge on any atom is -0.342 e. The predicted octanol–water partition coefficient (Wildman–Crippen LogP) is 3.83. The minimum atomic E-state index is 0.362. The maximum Gasteiger partial charge on any atom is 0.225 e. The second-order valence-corrected chi connectivity index (χ2v) is 6.43. The van der Waals surface area contributed by atoms with Gasteiger partial charge in [0, 0.05) is 19.0 Å². The van der Waals surface area contributed by atoms with Crippen LogP contribution in [0.15, 0.2) is 30.3 Å². The van der Waals surface area contributed by atoms with Crippen molar-refractivity contribution in [3.05, 3.63) is 35.9 Å². The van der Waals surface area contributed by atoms with Gasteiger partial charge in [-0.1, -0.05) is 43.7 Å². The Kier molecular flexibility index (Phi) is 4.09. The molecule has 0 heterocycles. The summed E-state index contributed by atoms with van der Waals surface area (Å²) in [5.74, 6) is 2.17. The number of carbonyl (C=O) groups excluding carboxylic acids is 1. The third-order valence-electron chi connectivity index (χ3n) is 4.63. The number of rotatable bonds is 7. The van der Waals surface area contributed by atoms with E-state index in [1.807, 2.05) is 0 Å². The van der Waals surface area contributed by atoms with E-state index < -0.39 is 0 Å². The van der Waals surface area contributed by atoms with E-state index in [-0.39, 0.29) is 0 Å². The zero-order valence-electron chi connectivity index (χ0n) is 12.4. The third kappa shape index (κ3) is 3.23. The highest BCUT2D eigenvalue weighted by atomic mass is 16.2. The van der Waals surface area contributed by atoms with E-state index in [1.165, 1.54) is 18.4 Å². The molecule has 2 saturated carbocycles. The molecule has 1 aromatic carbocycles. The van der Waals surface area contributed by atoms with Crippen LogP contribution in [0, 0.1) is 11.8 Å². The predicted molar refractivity (Wildman–Crippen MR) is 81.5 cm³/mol. The van der Waals surface area contributed by atoms with E-state index in [0.29, 0.717) is 23.7 Å². The Bertz CT molecular complexity index is 452. The molecule has 2 atom stereocenters. The number of benzene rings is 1. The monoisotopic (exact) mass is 271 g/mol. The van der Waals surface area contributed by atoms with E-state index >= 15 is 0 Å². The molecule has 2 aliphatic carbocycles. The number of unbranched alkanes of at least 4 members (excludes halogenated alkanes) is 1. The highest BCUT2D eigenvalue weighted by molar-refractivity contribution is 5.81. The average Bonchev–Trinajstić information content (AvgIpc) is 3.38. The van der Waals surface area contributed by atoms with Crippen LogP contribution in [0.1, 0.15) is 50.5 Å². The van der Waals surface area contributed by atoms with E-state index in [9.17, 15) is 4.79 Å². The molecular formula is C18H25NO. The van der Waals surface area contributed by atoms with Crippen molar-refractivity contribution >= 4 is 5.91 Å². The lowest BCUT2D eigenvalue weighted by Crippen LogP contribution is -2.35. The van der Waals surface area contributed by atoms with Gasteiger partial charge in [0.1, 0.15) is 0 Å². The van der Waals surface area contributed by atoms with Crippen LogP contribution in [0.3, 0.4) is 0 Å². The Morgan fingerprint density at radius 1 is 1.25 bits per heavy atom. The summed E-state index contributed by atoms with van der Waals surface area (Å²) in [6.07, 6.45) is 5.80. The van der Waals surface area contributed by atoms with Crippen molar-refractivity contribution in [3.8, 4) is 0 Å². The quantitative estimate of drug-likeness (QED) is 0.738. The molecule has 20 heavy (non-hydrogen) atoms. The van der Waals surface area contributed by atoms with Crippen LogP contribution in [0.25, 0.3) is 0 Å². The molecule has 2 aliphatic rings. The van der Waals surface area contributed by atoms with E-state index in [2.05, 4.69) is 42.2 Å². The van der Waals surface area contributed by atoms with Gasteiger partial charge in [0.05, 0.1) is 0 Å². The van der Waals surface area contributed by atoms with Crippen molar-refractivity contribution in [1.82, 2.24) is 4.90 Å². The normalized spacial score (nSPS) is 24.4. The van der Waals surface area contributed by atoms with Gasteiger partial charge in [0.15, 0.2) is 0 Å². The van der Waals surface area contributed by atoms with Crippen molar-refractivity contribution in [2.24, 2.45) is 11.8 Å². The van der Waals surface area contributed by atoms with Crippen LogP contribution < -0.4 is 0 Å². The number of carbonyl (C=O) groups is 1. The second kappa shape index (κ2) is 5.99. The lowest BCUT2D eigenvalue weighted by atomic mass is 10.1. The molecule has 108 valence electrons. The van der Waals surface area contributed by atoms with Crippen LogP contribution in [0.4, 0.5) is 0 Å². The van der Waals surface area contributed by atoms with Crippen molar-refractivity contribution in [3.63, 3.8) is 0 Å². The molecule has 0 bridgehead atoms. The maximum atomic E-state index is 12.3. The summed E-state index contributed by atoms with van der Waals surface area (Å²) >= 11 is 0. The first-order valence-corrected chi connectivity index (χ1v) is 8.13. The largest absolute Gasteiger partial charge is 0.342 e. The third-order valence-corrected chi connectivity index (χ3v) is 4.63.